The third-order valence-electron chi connectivity index (χ3n) is 2.36. The maximum Gasteiger partial charge on any atom is 0.227 e. The van der Waals surface area contributed by atoms with Crippen LogP contribution in [0.1, 0.15) is 17.9 Å². The number of phenols is 1. The minimum absolute atomic E-state index is 0.0153. The van der Waals surface area contributed by atoms with E-state index in [9.17, 15) is 9.90 Å². The van der Waals surface area contributed by atoms with Crippen molar-refractivity contribution in [2.75, 3.05) is 6.54 Å². The van der Waals surface area contributed by atoms with Crippen LogP contribution >= 0.6 is 0 Å². The van der Waals surface area contributed by atoms with E-state index in [1.54, 1.807) is 18.2 Å². The van der Waals surface area contributed by atoms with Crippen molar-refractivity contribution in [3.05, 3.63) is 29.8 Å². The molecule has 1 fully saturated rings. The summed E-state index contributed by atoms with van der Waals surface area (Å²) in [6.07, 6.45) is 0.774. The van der Waals surface area contributed by atoms with Gasteiger partial charge in [0.2, 0.25) is 5.91 Å². The number of nitrogens with one attached hydrogen (secondary N) is 1. The Morgan fingerprint density at radius 2 is 2.15 bits per heavy atom. The summed E-state index contributed by atoms with van der Waals surface area (Å²) in [5, 5.41) is 12.3. The smallest absolute Gasteiger partial charge is 0.227 e. The molecule has 13 heavy (non-hydrogen) atoms. The van der Waals surface area contributed by atoms with E-state index in [-0.39, 0.29) is 17.6 Å². The molecule has 1 saturated heterocycles. The monoisotopic (exact) mass is 177 g/mol. The second-order valence-corrected chi connectivity index (χ2v) is 3.19. The van der Waals surface area contributed by atoms with Crippen molar-refractivity contribution in [2.45, 2.75) is 12.3 Å². The van der Waals surface area contributed by atoms with E-state index in [1.165, 1.54) is 0 Å². The molecule has 1 aromatic rings. The van der Waals surface area contributed by atoms with Gasteiger partial charge in [-0.05, 0) is 12.5 Å². The molecule has 1 heterocycles. The number of hydrogen-bond acceptors (Lipinski definition) is 2. The zero-order chi connectivity index (χ0) is 9.26. The molecule has 1 unspecified atom stereocenters. The van der Waals surface area contributed by atoms with Crippen LogP contribution in [-0.2, 0) is 4.79 Å². The summed E-state index contributed by atoms with van der Waals surface area (Å²) in [6.45, 7) is 0.706. The van der Waals surface area contributed by atoms with Crippen LogP contribution in [0.3, 0.4) is 0 Å². The molecule has 2 N–H and O–H groups in total. The summed E-state index contributed by atoms with van der Waals surface area (Å²) in [7, 11) is 0. The van der Waals surface area contributed by atoms with Gasteiger partial charge in [0.25, 0.3) is 0 Å². The predicted octanol–water partition coefficient (Wildman–Crippen LogP) is 0.996. The van der Waals surface area contributed by atoms with E-state index < -0.39 is 0 Å². The third-order valence-corrected chi connectivity index (χ3v) is 2.36. The van der Waals surface area contributed by atoms with Gasteiger partial charge in [0.05, 0.1) is 5.92 Å². The number of carbonyl (C=O) groups excluding carboxylic acids is 1. The average molecular weight is 177 g/mol. The Kier molecular flexibility index (Phi) is 1.93. The van der Waals surface area contributed by atoms with Gasteiger partial charge in [-0.2, -0.15) is 0 Å². The Balaban J connectivity index is 2.34. The zero-order valence-electron chi connectivity index (χ0n) is 7.16. The molecule has 3 heteroatoms. The van der Waals surface area contributed by atoms with E-state index >= 15 is 0 Å². The van der Waals surface area contributed by atoms with Crippen molar-refractivity contribution < 1.29 is 9.90 Å². The summed E-state index contributed by atoms with van der Waals surface area (Å²) in [4.78, 5) is 11.3. The largest absolute Gasteiger partial charge is 0.508 e. The Morgan fingerprint density at radius 1 is 1.38 bits per heavy atom. The molecule has 0 saturated carbocycles. The van der Waals surface area contributed by atoms with Gasteiger partial charge in [-0.25, -0.2) is 0 Å². The lowest BCUT2D eigenvalue weighted by Crippen LogP contribution is -2.17. The van der Waals surface area contributed by atoms with E-state index in [1.807, 2.05) is 6.07 Å². The summed E-state index contributed by atoms with van der Waals surface area (Å²) >= 11 is 0. The first-order valence-electron chi connectivity index (χ1n) is 4.34. The van der Waals surface area contributed by atoms with Gasteiger partial charge in [-0.15, -0.1) is 0 Å². The van der Waals surface area contributed by atoms with Crippen molar-refractivity contribution in [2.24, 2.45) is 0 Å². The molecule has 0 radical (unpaired) electrons. The normalized spacial score (nSPS) is 21.5. The summed E-state index contributed by atoms with van der Waals surface area (Å²) in [6, 6.07) is 7.00. The SMILES string of the molecule is O=C1NCCC1c1ccccc1O. The highest BCUT2D eigenvalue weighted by Gasteiger charge is 2.27. The Labute approximate surface area is 76.4 Å². The van der Waals surface area contributed by atoms with E-state index in [0.29, 0.717) is 6.54 Å². The van der Waals surface area contributed by atoms with Crippen LogP contribution in [-0.4, -0.2) is 17.6 Å². The molecule has 0 spiro atoms. The van der Waals surface area contributed by atoms with Crippen LogP contribution in [0, 0.1) is 0 Å². The van der Waals surface area contributed by atoms with Crippen molar-refractivity contribution >= 4 is 5.91 Å². The number of aromatic hydroxyl groups is 1. The number of carbonyl (C=O) groups is 1. The highest BCUT2D eigenvalue weighted by Crippen LogP contribution is 2.29. The van der Waals surface area contributed by atoms with Gasteiger partial charge in [0.1, 0.15) is 5.75 Å². The molecule has 0 aliphatic carbocycles. The number of amides is 1. The van der Waals surface area contributed by atoms with Crippen LogP contribution < -0.4 is 5.32 Å². The second-order valence-electron chi connectivity index (χ2n) is 3.19. The fourth-order valence-electron chi connectivity index (χ4n) is 1.67. The standard InChI is InChI=1S/C10H11NO2/c12-9-4-2-1-3-7(9)8-5-6-11-10(8)13/h1-4,8,12H,5-6H2,(H,11,13). The van der Waals surface area contributed by atoms with E-state index in [4.69, 9.17) is 0 Å². The average Bonchev–Trinajstić information content (AvgIpc) is 2.52. The lowest BCUT2D eigenvalue weighted by Gasteiger charge is -2.08. The molecule has 0 bridgehead atoms. The van der Waals surface area contributed by atoms with Gasteiger partial charge >= 0.3 is 0 Å². The van der Waals surface area contributed by atoms with Crippen LogP contribution in [0.4, 0.5) is 0 Å². The van der Waals surface area contributed by atoms with Gasteiger partial charge < -0.3 is 10.4 Å². The first kappa shape index (κ1) is 8.10. The molecule has 0 aromatic heterocycles. The van der Waals surface area contributed by atoms with Crippen LogP contribution in [0.25, 0.3) is 0 Å². The molecule has 1 aliphatic rings. The lowest BCUT2D eigenvalue weighted by molar-refractivity contribution is -0.120. The highest BCUT2D eigenvalue weighted by atomic mass is 16.3. The summed E-state index contributed by atoms with van der Waals surface area (Å²) in [5.41, 5.74) is 0.734. The molecule has 1 atom stereocenters. The van der Waals surface area contributed by atoms with Crippen molar-refractivity contribution in [3.63, 3.8) is 0 Å². The minimum Gasteiger partial charge on any atom is -0.508 e. The predicted molar refractivity (Wildman–Crippen MR) is 48.5 cm³/mol. The molecular formula is C10H11NO2. The van der Waals surface area contributed by atoms with Gasteiger partial charge in [0, 0.05) is 12.1 Å². The fourth-order valence-corrected chi connectivity index (χ4v) is 1.67. The molecule has 68 valence electrons. The van der Waals surface area contributed by atoms with Gasteiger partial charge in [-0.3, -0.25) is 4.79 Å². The minimum atomic E-state index is -0.166. The maximum absolute atomic E-state index is 11.3. The number of para-hydroxylation sites is 1. The second kappa shape index (κ2) is 3.09. The Hall–Kier alpha value is -1.51. The van der Waals surface area contributed by atoms with Gasteiger partial charge in [0.15, 0.2) is 0 Å². The van der Waals surface area contributed by atoms with Crippen LogP contribution in [0.5, 0.6) is 5.75 Å². The molecular weight excluding hydrogens is 166 g/mol. The third kappa shape index (κ3) is 1.37. The summed E-state index contributed by atoms with van der Waals surface area (Å²) < 4.78 is 0. The first-order valence-corrected chi connectivity index (χ1v) is 4.34. The summed E-state index contributed by atoms with van der Waals surface area (Å²) in [5.74, 6) is 0.0623. The van der Waals surface area contributed by atoms with Crippen LogP contribution in [0.2, 0.25) is 0 Å². The van der Waals surface area contributed by atoms with Gasteiger partial charge in [-0.1, -0.05) is 18.2 Å². The van der Waals surface area contributed by atoms with Crippen molar-refractivity contribution in [1.29, 1.82) is 0 Å². The Morgan fingerprint density at radius 3 is 2.77 bits per heavy atom. The highest BCUT2D eigenvalue weighted by molar-refractivity contribution is 5.86. The first-order chi connectivity index (χ1) is 6.29. The quantitative estimate of drug-likeness (QED) is 0.672. The van der Waals surface area contributed by atoms with Crippen molar-refractivity contribution in [1.82, 2.24) is 5.32 Å². The lowest BCUT2D eigenvalue weighted by atomic mass is 9.97. The molecule has 1 aromatic carbocycles. The fraction of sp³-hybridized carbons (Fsp3) is 0.300. The van der Waals surface area contributed by atoms with E-state index in [0.717, 1.165) is 12.0 Å². The maximum atomic E-state index is 11.3. The number of rotatable bonds is 1. The number of benzene rings is 1. The number of phenolic OH excluding ortho intramolecular Hbond substituents is 1. The molecule has 2 rings (SSSR count). The molecule has 1 amide bonds. The Bertz CT molecular complexity index is 335. The van der Waals surface area contributed by atoms with Crippen LogP contribution in [0.15, 0.2) is 24.3 Å². The zero-order valence-corrected chi connectivity index (χ0v) is 7.16. The molecule has 1 aliphatic heterocycles. The van der Waals surface area contributed by atoms with E-state index in [2.05, 4.69) is 5.32 Å². The topological polar surface area (TPSA) is 49.3 Å². The number of hydrogen-bond donors (Lipinski definition) is 2. The molecule has 3 nitrogen and oxygen atoms in total. The van der Waals surface area contributed by atoms with Crippen molar-refractivity contribution in [3.8, 4) is 5.75 Å².